The maximum atomic E-state index is 4.49. The van der Waals surface area contributed by atoms with Gasteiger partial charge >= 0.3 is 0 Å². The highest BCUT2D eigenvalue weighted by Crippen LogP contribution is 2.28. The Morgan fingerprint density at radius 3 is 2.72 bits per heavy atom. The van der Waals surface area contributed by atoms with Crippen molar-refractivity contribution in [3.8, 4) is 0 Å². The molecule has 3 nitrogen and oxygen atoms in total. The summed E-state index contributed by atoms with van der Waals surface area (Å²) in [6.45, 7) is 5.48. The van der Waals surface area contributed by atoms with Gasteiger partial charge in [-0.15, -0.1) is 0 Å². The van der Waals surface area contributed by atoms with Crippen molar-refractivity contribution in [3.05, 3.63) is 18.2 Å². The van der Waals surface area contributed by atoms with E-state index in [0.29, 0.717) is 12.1 Å². The molecule has 0 aromatic carbocycles. The molecule has 0 aliphatic heterocycles. The molecule has 0 bridgehead atoms. The number of hydrogen-bond donors (Lipinski definition) is 1. The lowest BCUT2D eigenvalue weighted by Gasteiger charge is -2.32. The third kappa shape index (κ3) is 3.14. The van der Waals surface area contributed by atoms with E-state index in [2.05, 4.69) is 34.9 Å². The van der Waals surface area contributed by atoms with E-state index in [9.17, 15) is 0 Å². The van der Waals surface area contributed by atoms with E-state index in [1.807, 2.05) is 6.20 Å². The van der Waals surface area contributed by atoms with Crippen molar-refractivity contribution in [2.45, 2.75) is 70.9 Å². The monoisotopic (exact) mass is 249 g/mol. The van der Waals surface area contributed by atoms with Crippen LogP contribution in [0.15, 0.2) is 12.4 Å². The molecule has 102 valence electrons. The molecule has 2 unspecified atom stereocenters. The maximum Gasteiger partial charge on any atom is 0.108 e. The van der Waals surface area contributed by atoms with Crippen molar-refractivity contribution < 1.29 is 0 Å². The Balaban J connectivity index is 2.17. The summed E-state index contributed by atoms with van der Waals surface area (Å²) in [4.78, 5) is 4.49. The SMILES string of the molecule is CCNC1CCCCCCC1n1ccnc1CC. The molecule has 0 spiro atoms. The van der Waals surface area contributed by atoms with Crippen LogP contribution in [0.5, 0.6) is 0 Å². The van der Waals surface area contributed by atoms with E-state index in [0.717, 1.165) is 13.0 Å². The molecule has 0 radical (unpaired) electrons. The summed E-state index contributed by atoms with van der Waals surface area (Å²) >= 11 is 0. The normalized spacial score (nSPS) is 25.7. The minimum absolute atomic E-state index is 0.600. The van der Waals surface area contributed by atoms with Gasteiger partial charge in [0, 0.05) is 24.9 Å². The van der Waals surface area contributed by atoms with Crippen LogP contribution in [-0.2, 0) is 6.42 Å². The van der Waals surface area contributed by atoms with Crippen LogP contribution in [-0.4, -0.2) is 22.1 Å². The summed E-state index contributed by atoms with van der Waals surface area (Å²) in [6.07, 6.45) is 13.3. The Hall–Kier alpha value is -0.830. The highest BCUT2D eigenvalue weighted by atomic mass is 15.1. The second kappa shape index (κ2) is 6.93. The number of aryl methyl sites for hydroxylation is 1. The fraction of sp³-hybridized carbons (Fsp3) is 0.800. The predicted molar refractivity (Wildman–Crippen MR) is 75.8 cm³/mol. The van der Waals surface area contributed by atoms with Gasteiger partial charge in [-0.25, -0.2) is 4.98 Å². The molecule has 3 heteroatoms. The average Bonchev–Trinajstić information content (AvgIpc) is 2.81. The van der Waals surface area contributed by atoms with Crippen LogP contribution in [0.3, 0.4) is 0 Å². The van der Waals surface area contributed by atoms with E-state index in [1.165, 1.54) is 44.3 Å². The lowest BCUT2D eigenvalue weighted by atomic mass is 9.92. The van der Waals surface area contributed by atoms with Crippen LogP contribution < -0.4 is 5.32 Å². The van der Waals surface area contributed by atoms with Crippen LogP contribution in [0, 0.1) is 0 Å². The second-order valence-electron chi connectivity index (χ2n) is 5.33. The summed E-state index contributed by atoms with van der Waals surface area (Å²) in [7, 11) is 0. The molecule has 0 amide bonds. The van der Waals surface area contributed by atoms with Gasteiger partial charge in [0.15, 0.2) is 0 Å². The highest BCUT2D eigenvalue weighted by Gasteiger charge is 2.24. The summed E-state index contributed by atoms with van der Waals surface area (Å²) in [5.74, 6) is 1.24. The number of nitrogens with one attached hydrogen (secondary N) is 1. The van der Waals surface area contributed by atoms with Crippen LogP contribution in [0.4, 0.5) is 0 Å². The predicted octanol–water partition coefficient (Wildman–Crippen LogP) is 3.32. The summed E-state index contributed by atoms with van der Waals surface area (Å²) in [5, 5.41) is 3.69. The van der Waals surface area contributed by atoms with E-state index in [-0.39, 0.29) is 0 Å². The number of nitrogens with zero attached hydrogens (tertiary/aromatic N) is 2. The molecule has 1 fully saturated rings. The third-order valence-electron chi connectivity index (χ3n) is 4.12. The van der Waals surface area contributed by atoms with Gasteiger partial charge < -0.3 is 9.88 Å². The standard InChI is InChI=1S/C15H27N3/c1-3-15-17-11-12-18(15)14-10-8-6-5-7-9-13(14)16-4-2/h11-14,16H,3-10H2,1-2H3. The molecule has 1 aliphatic carbocycles. The first-order valence-corrected chi connectivity index (χ1v) is 7.61. The Morgan fingerprint density at radius 2 is 2.00 bits per heavy atom. The highest BCUT2D eigenvalue weighted by molar-refractivity contribution is 4.98. The van der Waals surface area contributed by atoms with Crippen molar-refractivity contribution >= 4 is 0 Å². The van der Waals surface area contributed by atoms with Gasteiger partial charge in [0.25, 0.3) is 0 Å². The van der Waals surface area contributed by atoms with Crippen LogP contribution in [0.1, 0.15) is 64.2 Å². The molecule has 1 aromatic rings. The Bertz CT molecular complexity index is 345. The lowest BCUT2D eigenvalue weighted by molar-refractivity contribution is 0.282. The quantitative estimate of drug-likeness (QED) is 0.887. The molecule has 1 aromatic heterocycles. The minimum Gasteiger partial charge on any atom is -0.330 e. The zero-order valence-corrected chi connectivity index (χ0v) is 11.9. The van der Waals surface area contributed by atoms with Crippen molar-refractivity contribution in [2.75, 3.05) is 6.54 Å². The van der Waals surface area contributed by atoms with Gasteiger partial charge in [-0.1, -0.05) is 39.5 Å². The van der Waals surface area contributed by atoms with Crippen molar-refractivity contribution in [1.29, 1.82) is 0 Å². The number of hydrogen-bond acceptors (Lipinski definition) is 2. The van der Waals surface area contributed by atoms with E-state index >= 15 is 0 Å². The summed E-state index contributed by atoms with van der Waals surface area (Å²) in [6, 6.07) is 1.22. The van der Waals surface area contributed by atoms with Gasteiger partial charge in [-0.05, 0) is 19.4 Å². The Morgan fingerprint density at radius 1 is 1.22 bits per heavy atom. The second-order valence-corrected chi connectivity index (χ2v) is 5.33. The largest absolute Gasteiger partial charge is 0.330 e. The maximum absolute atomic E-state index is 4.49. The molecule has 2 rings (SSSR count). The molecular formula is C15H27N3. The number of imidazole rings is 1. The van der Waals surface area contributed by atoms with Crippen LogP contribution in [0.2, 0.25) is 0 Å². The van der Waals surface area contributed by atoms with Crippen LogP contribution in [0.25, 0.3) is 0 Å². The molecular weight excluding hydrogens is 222 g/mol. The van der Waals surface area contributed by atoms with E-state index in [1.54, 1.807) is 0 Å². The topological polar surface area (TPSA) is 29.9 Å². The van der Waals surface area contributed by atoms with Crippen LogP contribution >= 0.6 is 0 Å². The number of likely N-dealkylation sites (N-methyl/N-ethyl adjacent to an activating group) is 1. The molecule has 18 heavy (non-hydrogen) atoms. The average molecular weight is 249 g/mol. The zero-order valence-electron chi connectivity index (χ0n) is 11.9. The number of rotatable bonds is 4. The fourth-order valence-corrected chi connectivity index (χ4v) is 3.22. The molecule has 1 saturated carbocycles. The molecule has 1 N–H and O–H groups in total. The minimum atomic E-state index is 0.600. The first-order chi connectivity index (χ1) is 8.86. The van der Waals surface area contributed by atoms with Gasteiger partial charge in [-0.3, -0.25) is 0 Å². The van der Waals surface area contributed by atoms with E-state index in [4.69, 9.17) is 0 Å². The molecule has 1 aliphatic rings. The number of aromatic nitrogens is 2. The fourth-order valence-electron chi connectivity index (χ4n) is 3.22. The van der Waals surface area contributed by atoms with Crippen molar-refractivity contribution in [2.24, 2.45) is 0 Å². The first-order valence-electron chi connectivity index (χ1n) is 7.61. The van der Waals surface area contributed by atoms with Gasteiger partial charge in [0.1, 0.15) is 5.82 Å². The zero-order chi connectivity index (χ0) is 12.8. The van der Waals surface area contributed by atoms with Gasteiger partial charge in [0.05, 0.1) is 6.04 Å². The first kappa shape index (κ1) is 13.6. The third-order valence-corrected chi connectivity index (χ3v) is 4.12. The van der Waals surface area contributed by atoms with Gasteiger partial charge in [0.2, 0.25) is 0 Å². The smallest absolute Gasteiger partial charge is 0.108 e. The molecule has 0 saturated heterocycles. The van der Waals surface area contributed by atoms with Crippen molar-refractivity contribution in [1.82, 2.24) is 14.9 Å². The Kier molecular flexibility index (Phi) is 5.24. The molecule has 2 atom stereocenters. The van der Waals surface area contributed by atoms with Crippen molar-refractivity contribution in [3.63, 3.8) is 0 Å². The van der Waals surface area contributed by atoms with E-state index < -0.39 is 0 Å². The van der Waals surface area contributed by atoms with Gasteiger partial charge in [-0.2, -0.15) is 0 Å². The lowest BCUT2D eigenvalue weighted by Crippen LogP contribution is -2.38. The summed E-state index contributed by atoms with van der Waals surface area (Å²) in [5.41, 5.74) is 0. The Labute approximate surface area is 111 Å². The molecule has 1 heterocycles. The summed E-state index contributed by atoms with van der Waals surface area (Å²) < 4.78 is 2.43.